The zero-order valence-corrected chi connectivity index (χ0v) is 10.7. The summed E-state index contributed by atoms with van der Waals surface area (Å²) in [7, 11) is 0. The lowest BCUT2D eigenvalue weighted by Crippen LogP contribution is -2.15. The summed E-state index contributed by atoms with van der Waals surface area (Å²) in [5.74, 6) is 0.0911. The standard InChI is InChI=1S/C14H12N6/c15-6-11-5-10(8-17-12-2-3-12)1-4-13(11)20-9-18-14(7-16)19-20/h1,4-5,9,12,17H,2-3,8H2. The van der Waals surface area contributed by atoms with Crippen molar-refractivity contribution in [3.8, 4) is 17.8 Å². The average Bonchev–Trinajstić information content (AvgIpc) is 3.20. The molecule has 0 radical (unpaired) electrons. The third kappa shape index (κ3) is 2.51. The highest BCUT2D eigenvalue weighted by Crippen LogP contribution is 2.20. The van der Waals surface area contributed by atoms with Gasteiger partial charge in [-0.1, -0.05) is 6.07 Å². The fourth-order valence-corrected chi connectivity index (χ4v) is 1.96. The summed E-state index contributed by atoms with van der Waals surface area (Å²) in [6.45, 7) is 0.764. The lowest BCUT2D eigenvalue weighted by Gasteiger charge is -2.07. The van der Waals surface area contributed by atoms with E-state index in [0.717, 1.165) is 12.1 Å². The van der Waals surface area contributed by atoms with Crippen LogP contribution in [-0.2, 0) is 6.54 Å². The third-order valence-corrected chi connectivity index (χ3v) is 3.19. The fourth-order valence-electron chi connectivity index (χ4n) is 1.96. The molecule has 1 aliphatic rings. The molecule has 0 unspecified atom stereocenters. The Bertz CT molecular complexity index is 714. The first-order valence-electron chi connectivity index (χ1n) is 6.38. The second-order valence-corrected chi connectivity index (χ2v) is 4.74. The van der Waals surface area contributed by atoms with Crippen molar-refractivity contribution < 1.29 is 0 Å². The van der Waals surface area contributed by atoms with Gasteiger partial charge in [-0.05, 0) is 30.5 Å². The van der Waals surface area contributed by atoms with Gasteiger partial charge in [0.2, 0.25) is 0 Å². The minimum atomic E-state index is 0.0911. The summed E-state index contributed by atoms with van der Waals surface area (Å²) in [5, 5.41) is 25.4. The molecule has 6 heteroatoms. The topological polar surface area (TPSA) is 90.3 Å². The number of rotatable bonds is 4. The van der Waals surface area contributed by atoms with E-state index in [-0.39, 0.29) is 5.82 Å². The molecule has 1 aromatic carbocycles. The van der Waals surface area contributed by atoms with E-state index in [1.807, 2.05) is 24.3 Å². The number of hydrogen-bond donors (Lipinski definition) is 1. The number of hydrogen-bond acceptors (Lipinski definition) is 5. The third-order valence-electron chi connectivity index (χ3n) is 3.19. The molecule has 1 aliphatic carbocycles. The van der Waals surface area contributed by atoms with Crippen molar-refractivity contribution in [1.82, 2.24) is 20.1 Å². The van der Waals surface area contributed by atoms with Crippen molar-refractivity contribution >= 4 is 0 Å². The van der Waals surface area contributed by atoms with Gasteiger partial charge in [0.25, 0.3) is 5.82 Å². The van der Waals surface area contributed by atoms with Crippen molar-refractivity contribution in [2.75, 3.05) is 0 Å². The van der Waals surface area contributed by atoms with Gasteiger partial charge in [-0.25, -0.2) is 9.67 Å². The Morgan fingerprint density at radius 3 is 2.80 bits per heavy atom. The van der Waals surface area contributed by atoms with Crippen molar-refractivity contribution in [2.24, 2.45) is 0 Å². The molecule has 2 aromatic rings. The van der Waals surface area contributed by atoms with E-state index in [0.29, 0.717) is 17.3 Å². The van der Waals surface area contributed by atoms with Crippen LogP contribution in [0.4, 0.5) is 0 Å². The molecule has 6 nitrogen and oxygen atoms in total. The van der Waals surface area contributed by atoms with Crippen molar-refractivity contribution in [3.05, 3.63) is 41.5 Å². The number of aromatic nitrogens is 3. The van der Waals surface area contributed by atoms with Gasteiger partial charge in [0.05, 0.1) is 11.3 Å². The van der Waals surface area contributed by atoms with Crippen LogP contribution in [0.3, 0.4) is 0 Å². The van der Waals surface area contributed by atoms with E-state index in [1.165, 1.54) is 23.9 Å². The number of nitrogens with zero attached hydrogens (tertiary/aromatic N) is 5. The van der Waals surface area contributed by atoms with Crippen molar-refractivity contribution in [1.29, 1.82) is 10.5 Å². The maximum absolute atomic E-state index is 9.26. The van der Waals surface area contributed by atoms with Gasteiger partial charge in [0, 0.05) is 12.6 Å². The Balaban J connectivity index is 1.87. The molecule has 1 fully saturated rings. The van der Waals surface area contributed by atoms with Crippen LogP contribution >= 0.6 is 0 Å². The first-order valence-corrected chi connectivity index (χ1v) is 6.38. The van der Waals surface area contributed by atoms with Gasteiger partial charge in [-0.3, -0.25) is 0 Å². The lowest BCUT2D eigenvalue weighted by atomic mass is 10.1. The zero-order chi connectivity index (χ0) is 13.9. The number of nitrogens with one attached hydrogen (secondary N) is 1. The lowest BCUT2D eigenvalue weighted by molar-refractivity contribution is 0.687. The molecular weight excluding hydrogens is 252 g/mol. The van der Waals surface area contributed by atoms with Crippen LogP contribution in [0.15, 0.2) is 24.5 Å². The van der Waals surface area contributed by atoms with E-state index < -0.39 is 0 Å². The van der Waals surface area contributed by atoms with Gasteiger partial charge in [0.15, 0.2) is 0 Å². The van der Waals surface area contributed by atoms with Crippen LogP contribution in [0.25, 0.3) is 5.69 Å². The molecule has 1 N–H and O–H groups in total. The van der Waals surface area contributed by atoms with E-state index in [2.05, 4.69) is 21.5 Å². The molecule has 3 rings (SSSR count). The molecule has 0 saturated heterocycles. The first-order chi connectivity index (χ1) is 9.80. The molecule has 1 aromatic heterocycles. The predicted molar refractivity (Wildman–Crippen MR) is 70.7 cm³/mol. The molecule has 0 aliphatic heterocycles. The summed E-state index contributed by atoms with van der Waals surface area (Å²) in [4.78, 5) is 3.85. The first kappa shape index (κ1) is 12.3. The van der Waals surface area contributed by atoms with E-state index in [9.17, 15) is 5.26 Å². The molecule has 0 bridgehead atoms. The van der Waals surface area contributed by atoms with E-state index in [4.69, 9.17) is 5.26 Å². The van der Waals surface area contributed by atoms with Gasteiger partial charge in [0.1, 0.15) is 18.5 Å². The maximum Gasteiger partial charge on any atom is 0.252 e. The summed E-state index contributed by atoms with van der Waals surface area (Å²) >= 11 is 0. The van der Waals surface area contributed by atoms with Gasteiger partial charge >= 0.3 is 0 Å². The molecular formula is C14H12N6. The van der Waals surface area contributed by atoms with Crippen LogP contribution in [0.5, 0.6) is 0 Å². The quantitative estimate of drug-likeness (QED) is 0.897. The second kappa shape index (κ2) is 5.12. The largest absolute Gasteiger partial charge is 0.310 e. The smallest absolute Gasteiger partial charge is 0.252 e. The Hall–Kier alpha value is -2.70. The molecule has 20 heavy (non-hydrogen) atoms. The van der Waals surface area contributed by atoms with Crippen LogP contribution in [0, 0.1) is 22.7 Å². The highest BCUT2D eigenvalue weighted by molar-refractivity contribution is 5.50. The minimum Gasteiger partial charge on any atom is -0.310 e. The average molecular weight is 264 g/mol. The Kier molecular flexibility index (Phi) is 3.16. The van der Waals surface area contributed by atoms with Crippen LogP contribution in [0.2, 0.25) is 0 Å². The van der Waals surface area contributed by atoms with Crippen LogP contribution < -0.4 is 5.32 Å². The maximum atomic E-state index is 9.26. The molecule has 98 valence electrons. The molecule has 0 spiro atoms. The highest BCUT2D eigenvalue weighted by Gasteiger charge is 2.20. The van der Waals surface area contributed by atoms with E-state index in [1.54, 1.807) is 0 Å². The Morgan fingerprint density at radius 2 is 2.15 bits per heavy atom. The highest BCUT2D eigenvalue weighted by atomic mass is 15.3. The number of nitriles is 2. The molecule has 1 saturated carbocycles. The molecule has 1 heterocycles. The van der Waals surface area contributed by atoms with Crippen LogP contribution in [0.1, 0.15) is 29.8 Å². The summed E-state index contributed by atoms with van der Waals surface area (Å²) < 4.78 is 1.45. The predicted octanol–water partition coefficient (Wildman–Crippen LogP) is 1.26. The SMILES string of the molecule is N#Cc1ncn(-c2ccc(CNC3CC3)cc2C#N)n1. The molecule has 0 amide bonds. The number of benzene rings is 1. The monoisotopic (exact) mass is 264 g/mol. The Labute approximate surface area is 116 Å². The summed E-state index contributed by atoms with van der Waals surface area (Å²) in [5.41, 5.74) is 2.23. The van der Waals surface area contributed by atoms with Gasteiger partial charge in [-0.2, -0.15) is 10.5 Å². The van der Waals surface area contributed by atoms with Crippen molar-refractivity contribution in [2.45, 2.75) is 25.4 Å². The normalized spacial score (nSPS) is 13.7. The van der Waals surface area contributed by atoms with E-state index >= 15 is 0 Å². The van der Waals surface area contributed by atoms with Crippen LogP contribution in [-0.4, -0.2) is 20.8 Å². The molecule has 0 atom stereocenters. The van der Waals surface area contributed by atoms with Gasteiger partial charge < -0.3 is 5.32 Å². The second-order valence-electron chi connectivity index (χ2n) is 4.74. The van der Waals surface area contributed by atoms with Gasteiger partial charge in [-0.15, -0.1) is 5.10 Å². The van der Waals surface area contributed by atoms with Crippen molar-refractivity contribution in [3.63, 3.8) is 0 Å². The summed E-state index contributed by atoms with van der Waals surface area (Å²) in [6.07, 6.45) is 3.91. The minimum absolute atomic E-state index is 0.0911. The Morgan fingerprint density at radius 1 is 1.30 bits per heavy atom. The summed E-state index contributed by atoms with van der Waals surface area (Å²) in [6, 6.07) is 10.3. The zero-order valence-electron chi connectivity index (χ0n) is 10.7. The fraction of sp³-hybridized carbons (Fsp3) is 0.286.